The van der Waals surface area contributed by atoms with Crippen molar-refractivity contribution in [1.29, 1.82) is 0 Å². The SMILES string of the molecule is CC(C)NC(=O)c1ccc2c(c1)C(=O)N(c1ccc(Cn3cncn3)cc1)C2=O. The van der Waals surface area contributed by atoms with E-state index in [0.717, 1.165) is 10.5 Å². The predicted octanol–water partition coefficient (Wildman–Crippen LogP) is 2.27. The highest BCUT2D eigenvalue weighted by Gasteiger charge is 2.37. The molecule has 1 aromatic heterocycles. The predicted molar refractivity (Wildman–Crippen MR) is 106 cm³/mol. The molecule has 8 heteroatoms. The number of nitrogens with zero attached hydrogens (tertiary/aromatic N) is 4. The van der Waals surface area contributed by atoms with Gasteiger partial charge >= 0.3 is 0 Å². The van der Waals surface area contributed by atoms with Gasteiger partial charge in [0, 0.05) is 11.6 Å². The first-order valence-electron chi connectivity index (χ1n) is 9.19. The van der Waals surface area contributed by atoms with Crippen LogP contribution >= 0.6 is 0 Å². The standard InChI is InChI=1S/C21H19N5O3/c1-13(2)24-19(27)15-5-8-17-18(9-15)21(29)26(20(17)28)16-6-3-14(4-7-16)10-25-12-22-11-23-25/h3-9,11-13H,10H2,1-2H3,(H,24,27). The zero-order valence-electron chi connectivity index (χ0n) is 16.0. The summed E-state index contributed by atoms with van der Waals surface area (Å²) in [5, 5.41) is 6.84. The molecule has 0 spiro atoms. The molecule has 1 aliphatic heterocycles. The van der Waals surface area contributed by atoms with Crippen molar-refractivity contribution in [2.45, 2.75) is 26.4 Å². The Morgan fingerprint density at radius 3 is 2.41 bits per heavy atom. The molecule has 0 fully saturated rings. The first-order chi connectivity index (χ1) is 13.9. The molecule has 0 radical (unpaired) electrons. The molecule has 1 aliphatic rings. The van der Waals surface area contributed by atoms with E-state index in [-0.39, 0.29) is 17.5 Å². The number of amides is 3. The Morgan fingerprint density at radius 1 is 1.03 bits per heavy atom. The number of rotatable bonds is 5. The van der Waals surface area contributed by atoms with Gasteiger partial charge in [0.15, 0.2) is 0 Å². The molecule has 2 heterocycles. The molecular formula is C21H19N5O3. The highest BCUT2D eigenvalue weighted by molar-refractivity contribution is 6.34. The number of benzene rings is 2. The third-order valence-electron chi connectivity index (χ3n) is 4.57. The number of hydrogen-bond acceptors (Lipinski definition) is 5. The molecule has 0 atom stereocenters. The molecule has 8 nitrogen and oxygen atoms in total. The van der Waals surface area contributed by atoms with Crippen LogP contribution in [0.3, 0.4) is 0 Å². The second-order valence-corrected chi connectivity index (χ2v) is 7.09. The Hall–Kier alpha value is -3.81. The maximum absolute atomic E-state index is 12.9. The van der Waals surface area contributed by atoms with Gasteiger partial charge in [-0.2, -0.15) is 5.10 Å². The van der Waals surface area contributed by atoms with Crippen molar-refractivity contribution >= 4 is 23.4 Å². The number of carbonyl (C=O) groups is 3. The van der Waals surface area contributed by atoms with Gasteiger partial charge in [0.1, 0.15) is 12.7 Å². The van der Waals surface area contributed by atoms with Crippen LogP contribution in [0.1, 0.15) is 50.5 Å². The van der Waals surface area contributed by atoms with E-state index in [9.17, 15) is 14.4 Å². The topological polar surface area (TPSA) is 97.2 Å². The molecule has 0 aliphatic carbocycles. The summed E-state index contributed by atoms with van der Waals surface area (Å²) in [5.41, 5.74) is 2.32. The van der Waals surface area contributed by atoms with E-state index in [1.165, 1.54) is 18.5 Å². The van der Waals surface area contributed by atoms with Crippen LogP contribution in [0.25, 0.3) is 0 Å². The van der Waals surface area contributed by atoms with Crippen LogP contribution in [-0.2, 0) is 6.54 Å². The van der Waals surface area contributed by atoms with Crippen molar-refractivity contribution in [2.24, 2.45) is 0 Å². The van der Waals surface area contributed by atoms with Crippen LogP contribution in [-0.4, -0.2) is 38.5 Å². The number of nitrogens with one attached hydrogen (secondary N) is 1. The molecular weight excluding hydrogens is 370 g/mol. The van der Waals surface area contributed by atoms with Gasteiger partial charge in [-0.3, -0.25) is 14.4 Å². The third kappa shape index (κ3) is 3.52. The third-order valence-corrected chi connectivity index (χ3v) is 4.57. The fourth-order valence-corrected chi connectivity index (χ4v) is 3.21. The first-order valence-corrected chi connectivity index (χ1v) is 9.19. The van der Waals surface area contributed by atoms with Gasteiger partial charge in [-0.15, -0.1) is 0 Å². The molecule has 3 amide bonds. The van der Waals surface area contributed by atoms with Crippen molar-refractivity contribution in [1.82, 2.24) is 20.1 Å². The van der Waals surface area contributed by atoms with Crippen LogP contribution in [0.5, 0.6) is 0 Å². The Morgan fingerprint density at radius 2 is 1.76 bits per heavy atom. The summed E-state index contributed by atoms with van der Waals surface area (Å²) in [5.74, 6) is -1.11. The van der Waals surface area contributed by atoms with E-state index in [1.54, 1.807) is 29.2 Å². The summed E-state index contributed by atoms with van der Waals surface area (Å²) in [6.45, 7) is 4.25. The lowest BCUT2D eigenvalue weighted by atomic mass is 10.1. The normalized spacial score (nSPS) is 13.1. The van der Waals surface area contributed by atoms with Crippen LogP contribution < -0.4 is 10.2 Å². The maximum Gasteiger partial charge on any atom is 0.266 e. The van der Waals surface area contributed by atoms with Crippen LogP contribution in [0.2, 0.25) is 0 Å². The molecule has 0 saturated heterocycles. The van der Waals surface area contributed by atoms with E-state index in [1.807, 2.05) is 26.0 Å². The van der Waals surface area contributed by atoms with E-state index in [2.05, 4.69) is 15.4 Å². The van der Waals surface area contributed by atoms with Gasteiger partial charge in [-0.25, -0.2) is 14.6 Å². The van der Waals surface area contributed by atoms with E-state index >= 15 is 0 Å². The number of fused-ring (bicyclic) bond motifs is 1. The van der Waals surface area contributed by atoms with Crippen molar-refractivity contribution in [3.8, 4) is 0 Å². The summed E-state index contributed by atoms with van der Waals surface area (Å²) in [6.07, 6.45) is 3.08. The molecule has 3 aromatic rings. The first kappa shape index (κ1) is 18.5. The fraction of sp³-hybridized carbons (Fsp3) is 0.190. The molecule has 1 N–H and O–H groups in total. The summed E-state index contributed by atoms with van der Waals surface area (Å²) < 4.78 is 1.68. The van der Waals surface area contributed by atoms with Gasteiger partial charge in [-0.1, -0.05) is 12.1 Å². The second kappa shape index (κ2) is 7.31. The molecule has 4 rings (SSSR count). The Labute approximate surface area is 167 Å². The van der Waals surface area contributed by atoms with E-state index in [0.29, 0.717) is 23.4 Å². The summed E-state index contributed by atoms with van der Waals surface area (Å²) in [6, 6.07) is 11.7. The summed E-state index contributed by atoms with van der Waals surface area (Å²) >= 11 is 0. The van der Waals surface area contributed by atoms with Gasteiger partial charge in [0.25, 0.3) is 17.7 Å². The van der Waals surface area contributed by atoms with Crippen LogP contribution in [0.15, 0.2) is 55.1 Å². The van der Waals surface area contributed by atoms with E-state index < -0.39 is 11.8 Å². The average molecular weight is 389 g/mol. The number of aromatic nitrogens is 3. The minimum absolute atomic E-state index is 0.0272. The molecule has 2 aromatic carbocycles. The zero-order valence-corrected chi connectivity index (χ0v) is 16.0. The Bertz CT molecular complexity index is 1090. The second-order valence-electron chi connectivity index (χ2n) is 7.09. The zero-order chi connectivity index (χ0) is 20.5. The van der Waals surface area contributed by atoms with Crippen molar-refractivity contribution in [3.63, 3.8) is 0 Å². The average Bonchev–Trinajstić information content (AvgIpc) is 3.29. The number of hydrogen-bond donors (Lipinski definition) is 1. The largest absolute Gasteiger partial charge is 0.350 e. The lowest BCUT2D eigenvalue weighted by Gasteiger charge is -2.14. The maximum atomic E-state index is 12.9. The van der Waals surface area contributed by atoms with Gasteiger partial charge in [0.05, 0.1) is 23.4 Å². The highest BCUT2D eigenvalue weighted by atomic mass is 16.2. The van der Waals surface area contributed by atoms with Gasteiger partial charge in [0.2, 0.25) is 0 Å². The quantitative estimate of drug-likeness (QED) is 0.675. The number of anilines is 1. The van der Waals surface area contributed by atoms with Crippen molar-refractivity contribution in [2.75, 3.05) is 4.90 Å². The Kier molecular flexibility index (Phi) is 4.67. The van der Waals surface area contributed by atoms with Crippen molar-refractivity contribution in [3.05, 3.63) is 77.4 Å². The Balaban J connectivity index is 1.58. The smallest absolute Gasteiger partial charge is 0.266 e. The van der Waals surface area contributed by atoms with E-state index in [4.69, 9.17) is 0 Å². The monoisotopic (exact) mass is 389 g/mol. The summed E-state index contributed by atoms with van der Waals surface area (Å²) in [4.78, 5) is 43.0. The molecule has 0 bridgehead atoms. The summed E-state index contributed by atoms with van der Waals surface area (Å²) in [7, 11) is 0. The fourth-order valence-electron chi connectivity index (χ4n) is 3.21. The van der Waals surface area contributed by atoms with Crippen LogP contribution in [0.4, 0.5) is 5.69 Å². The van der Waals surface area contributed by atoms with Crippen LogP contribution in [0, 0.1) is 0 Å². The molecule has 29 heavy (non-hydrogen) atoms. The minimum Gasteiger partial charge on any atom is -0.350 e. The lowest BCUT2D eigenvalue weighted by Crippen LogP contribution is -2.30. The number of carbonyl (C=O) groups excluding carboxylic acids is 3. The lowest BCUT2D eigenvalue weighted by molar-refractivity contribution is 0.0922. The molecule has 0 unspecified atom stereocenters. The molecule has 0 saturated carbocycles. The van der Waals surface area contributed by atoms with Gasteiger partial charge in [-0.05, 0) is 49.7 Å². The van der Waals surface area contributed by atoms with Gasteiger partial charge < -0.3 is 5.32 Å². The van der Waals surface area contributed by atoms with Crippen molar-refractivity contribution < 1.29 is 14.4 Å². The minimum atomic E-state index is -0.437. The molecule has 146 valence electrons. The number of imide groups is 1. The highest BCUT2D eigenvalue weighted by Crippen LogP contribution is 2.29.